The lowest BCUT2D eigenvalue weighted by Crippen LogP contribution is -2.38. The van der Waals surface area contributed by atoms with E-state index < -0.39 is 10.8 Å². The summed E-state index contributed by atoms with van der Waals surface area (Å²) in [4.78, 5) is 37.9. The summed E-state index contributed by atoms with van der Waals surface area (Å²) in [5, 5.41) is 14.0. The first-order valence-electron chi connectivity index (χ1n) is 12.4. The molecule has 0 radical (unpaired) electrons. The van der Waals surface area contributed by atoms with Gasteiger partial charge in [-0.1, -0.05) is 30.3 Å². The van der Waals surface area contributed by atoms with Gasteiger partial charge < -0.3 is 19.7 Å². The summed E-state index contributed by atoms with van der Waals surface area (Å²) in [5.74, 6) is -0.399. The van der Waals surface area contributed by atoms with E-state index in [1.54, 1.807) is 18.2 Å². The van der Waals surface area contributed by atoms with E-state index in [0.717, 1.165) is 18.4 Å². The second-order valence-electron chi connectivity index (χ2n) is 9.28. The lowest BCUT2D eigenvalue weighted by atomic mass is 9.89. The van der Waals surface area contributed by atoms with Crippen LogP contribution in [-0.2, 0) is 11.2 Å². The third kappa shape index (κ3) is 5.29. The number of nitrogens with zero attached hydrogens (tertiary/aromatic N) is 2. The topological polar surface area (TPSA) is 111 Å². The third-order valence-corrected chi connectivity index (χ3v) is 6.99. The van der Waals surface area contributed by atoms with Gasteiger partial charge in [-0.05, 0) is 60.6 Å². The quantitative estimate of drug-likeness (QED) is 0.345. The molecule has 0 unspecified atom stereocenters. The van der Waals surface area contributed by atoms with Crippen molar-refractivity contribution in [1.29, 1.82) is 0 Å². The van der Waals surface area contributed by atoms with Crippen LogP contribution in [0.2, 0.25) is 0 Å². The first-order chi connectivity index (χ1) is 18.4. The molecule has 0 saturated carbocycles. The fraction of sp³-hybridized carbons (Fsp3) is 0.286. The summed E-state index contributed by atoms with van der Waals surface area (Å²) in [6.07, 6.45) is 2.32. The van der Waals surface area contributed by atoms with Crippen molar-refractivity contribution in [2.75, 3.05) is 25.2 Å². The van der Waals surface area contributed by atoms with Gasteiger partial charge in [-0.25, -0.2) is 4.39 Å². The van der Waals surface area contributed by atoms with Crippen molar-refractivity contribution < 1.29 is 28.4 Å². The summed E-state index contributed by atoms with van der Waals surface area (Å²) < 4.78 is 24.3. The van der Waals surface area contributed by atoms with Crippen LogP contribution in [0.1, 0.15) is 46.7 Å². The lowest BCUT2D eigenvalue weighted by molar-refractivity contribution is -0.385. The molecule has 0 bridgehead atoms. The monoisotopic (exact) mass is 519 g/mol. The molecule has 0 aliphatic carbocycles. The average molecular weight is 520 g/mol. The second-order valence-corrected chi connectivity index (χ2v) is 9.28. The van der Waals surface area contributed by atoms with Gasteiger partial charge in [0.2, 0.25) is 18.4 Å². The van der Waals surface area contributed by atoms with E-state index in [-0.39, 0.29) is 47.7 Å². The van der Waals surface area contributed by atoms with Gasteiger partial charge in [0.05, 0.1) is 10.5 Å². The minimum absolute atomic E-state index is 0.0388. The number of anilines is 1. The number of nitrogens with one attached hydrogen (secondary N) is 1. The second kappa shape index (κ2) is 10.9. The molecule has 3 aromatic carbocycles. The predicted molar refractivity (Wildman–Crippen MR) is 137 cm³/mol. The number of benzene rings is 3. The van der Waals surface area contributed by atoms with Crippen LogP contribution in [0.3, 0.4) is 0 Å². The average Bonchev–Trinajstić information content (AvgIpc) is 3.42. The zero-order valence-corrected chi connectivity index (χ0v) is 20.5. The number of hydrogen-bond acceptors (Lipinski definition) is 6. The number of amides is 2. The molecule has 3 aromatic rings. The Balaban J connectivity index is 1.15. The van der Waals surface area contributed by atoms with Crippen molar-refractivity contribution in [2.45, 2.75) is 31.6 Å². The van der Waals surface area contributed by atoms with Crippen molar-refractivity contribution in [2.24, 2.45) is 0 Å². The van der Waals surface area contributed by atoms with Gasteiger partial charge in [0, 0.05) is 31.3 Å². The molecule has 2 aliphatic rings. The van der Waals surface area contributed by atoms with Gasteiger partial charge >= 0.3 is 5.69 Å². The molecule has 0 spiro atoms. The van der Waals surface area contributed by atoms with E-state index in [0.29, 0.717) is 36.7 Å². The Labute approximate surface area is 218 Å². The SMILES string of the molecule is O=C(Nc1ccc(C2CCN(C(=O)CCc3ccccc3F)CC2)cc1)c1ccc([N+](=O)[O-])c2c1OCO2. The number of rotatable bonds is 7. The highest BCUT2D eigenvalue weighted by Crippen LogP contribution is 2.43. The van der Waals surface area contributed by atoms with Gasteiger partial charge in [0.1, 0.15) is 5.82 Å². The number of fused-ring (bicyclic) bond motifs is 1. The smallest absolute Gasteiger partial charge is 0.315 e. The molecule has 2 aliphatic heterocycles. The molecule has 2 amide bonds. The molecular weight excluding hydrogens is 493 g/mol. The molecule has 1 fully saturated rings. The van der Waals surface area contributed by atoms with Crippen molar-refractivity contribution in [3.63, 3.8) is 0 Å². The molecule has 5 rings (SSSR count). The Morgan fingerprint density at radius 1 is 1.00 bits per heavy atom. The van der Waals surface area contributed by atoms with E-state index in [4.69, 9.17) is 9.47 Å². The molecule has 38 heavy (non-hydrogen) atoms. The summed E-state index contributed by atoms with van der Waals surface area (Å²) >= 11 is 0. The Hall–Kier alpha value is -4.47. The Morgan fingerprint density at radius 2 is 1.71 bits per heavy atom. The Bertz CT molecular complexity index is 1370. The number of hydrogen-bond donors (Lipinski definition) is 1. The Morgan fingerprint density at radius 3 is 2.42 bits per heavy atom. The number of halogens is 1. The number of piperidine rings is 1. The first-order valence-corrected chi connectivity index (χ1v) is 12.4. The largest absolute Gasteiger partial charge is 0.452 e. The van der Waals surface area contributed by atoms with E-state index >= 15 is 0 Å². The number of carbonyl (C=O) groups excluding carboxylic acids is 2. The third-order valence-electron chi connectivity index (χ3n) is 6.99. The van der Waals surface area contributed by atoms with Crippen LogP contribution >= 0.6 is 0 Å². The van der Waals surface area contributed by atoms with E-state index in [9.17, 15) is 24.1 Å². The summed E-state index contributed by atoms with van der Waals surface area (Å²) in [6.45, 7) is 1.10. The number of carbonyl (C=O) groups is 2. The van der Waals surface area contributed by atoms with E-state index in [1.807, 2.05) is 29.2 Å². The number of likely N-dealkylation sites (tertiary alicyclic amines) is 1. The minimum Gasteiger partial charge on any atom is -0.452 e. The van der Waals surface area contributed by atoms with Crippen LogP contribution in [0, 0.1) is 15.9 Å². The van der Waals surface area contributed by atoms with E-state index in [2.05, 4.69) is 5.32 Å². The summed E-state index contributed by atoms with van der Waals surface area (Å²) in [6, 6.07) is 16.6. The van der Waals surface area contributed by atoms with Crippen LogP contribution in [0.5, 0.6) is 11.5 Å². The van der Waals surface area contributed by atoms with Gasteiger partial charge in [-0.3, -0.25) is 19.7 Å². The van der Waals surface area contributed by atoms with Gasteiger partial charge in [-0.15, -0.1) is 0 Å². The Kier molecular flexibility index (Phi) is 7.21. The maximum Gasteiger partial charge on any atom is 0.315 e. The molecule has 0 aromatic heterocycles. The number of nitro groups is 1. The van der Waals surface area contributed by atoms with Crippen LogP contribution < -0.4 is 14.8 Å². The highest BCUT2D eigenvalue weighted by Gasteiger charge is 2.31. The van der Waals surface area contributed by atoms with Gasteiger partial charge in [0.15, 0.2) is 5.75 Å². The molecule has 10 heteroatoms. The standard InChI is InChI=1S/C28H26FN3O6/c29-23-4-2-1-3-20(23)7-12-25(33)31-15-13-19(14-16-31)18-5-8-21(9-6-18)30-28(34)22-10-11-24(32(35)36)27-26(22)37-17-38-27/h1-6,8-11,19H,7,12-17H2,(H,30,34). The van der Waals surface area contributed by atoms with Crippen molar-refractivity contribution >= 4 is 23.2 Å². The molecule has 0 atom stereocenters. The fourth-order valence-electron chi connectivity index (χ4n) is 4.91. The highest BCUT2D eigenvalue weighted by atomic mass is 19.1. The molecule has 2 heterocycles. The molecular formula is C28H26FN3O6. The highest BCUT2D eigenvalue weighted by molar-refractivity contribution is 6.07. The van der Waals surface area contributed by atoms with Crippen LogP contribution in [0.15, 0.2) is 60.7 Å². The number of nitro benzene ring substituents is 1. The maximum atomic E-state index is 13.8. The van der Waals surface area contributed by atoms with Crippen molar-refractivity contribution in [1.82, 2.24) is 4.90 Å². The molecule has 1 saturated heterocycles. The zero-order chi connectivity index (χ0) is 26.6. The van der Waals surface area contributed by atoms with Gasteiger partial charge in [0.25, 0.3) is 5.91 Å². The normalized spacial score (nSPS) is 14.8. The molecule has 9 nitrogen and oxygen atoms in total. The van der Waals surface area contributed by atoms with Crippen LogP contribution in [0.25, 0.3) is 0 Å². The first kappa shape index (κ1) is 25.2. The van der Waals surface area contributed by atoms with Gasteiger partial charge in [-0.2, -0.15) is 0 Å². The number of aryl methyl sites for hydroxylation is 1. The minimum atomic E-state index is -0.583. The number of ether oxygens (including phenoxy) is 2. The predicted octanol–water partition coefficient (Wildman–Crippen LogP) is 5.05. The lowest BCUT2D eigenvalue weighted by Gasteiger charge is -2.32. The van der Waals surface area contributed by atoms with Crippen molar-refractivity contribution in [3.8, 4) is 11.5 Å². The fourth-order valence-corrected chi connectivity index (χ4v) is 4.91. The molecule has 196 valence electrons. The summed E-state index contributed by atoms with van der Waals surface area (Å²) in [7, 11) is 0. The van der Waals surface area contributed by atoms with E-state index in [1.165, 1.54) is 18.2 Å². The van der Waals surface area contributed by atoms with Crippen LogP contribution in [-0.4, -0.2) is 41.5 Å². The zero-order valence-electron chi connectivity index (χ0n) is 20.5. The summed E-state index contributed by atoms with van der Waals surface area (Å²) in [5.41, 5.74) is 2.15. The van der Waals surface area contributed by atoms with Crippen LogP contribution in [0.4, 0.5) is 15.8 Å². The van der Waals surface area contributed by atoms with Crippen molar-refractivity contribution in [3.05, 3.63) is 93.3 Å². The maximum absolute atomic E-state index is 13.8. The molecule has 1 N–H and O–H groups in total.